The molecule has 1 heterocycles. The third kappa shape index (κ3) is 4.54. The smallest absolute Gasteiger partial charge is 0.270 e. The van der Waals surface area contributed by atoms with Gasteiger partial charge in [-0.2, -0.15) is 5.26 Å². The van der Waals surface area contributed by atoms with E-state index in [0.29, 0.717) is 16.2 Å². The Morgan fingerprint density at radius 1 is 1.06 bits per heavy atom. The number of nitrogens with zero attached hydrogens (tertiary/aromatic N) is 3. The van der Waals surface area contributed by atoms with Crippen molar-refractivity contribution in [2.24, 2.45) is 0 Å². The van der Waals surface area contributed by atoms with Gasteiger partial charge in [0, 0.05) is 24.4 Å². The van der Waals surface area contributed by atoms with Gasteiger partial charge in [0.2, 0.25) is 11.8 Å². The number of nitro benzene ring substituents is 1. The van der Waals surface area contributed by atoms with Crippen molar-refractivity contribution < 1.29 is 24.1 Å². The van der Waals surface area contributed by atoms with Gasteiger partial charge in [-0.3, -0.25) is 34.2 Å². The van der Waals surface area contributed by atoms with Gasteiger partial charge in [-0.15, -0.1) is 0 Å². The Balaban J connectivity index is 1.65. The number of imide groups is 1. The molecule has 11 heteroatoms. The molecular formula is C20H15N5O6. The maximum atomic E-state index is 12.5. The van der Waals surface area contributed by atoms with Crippen molar-refractivity contribution in [1.29, 1.82) is 5.26 Å². The van der Waals surface area contributed by atoms with Gasteiger partial charge >= 0.3 is 0 Å². The molecule has 31 heavy (non-hydrogen) atoms. The first-order valence-electron chi connectivity index (χ1n) is 8.98. The summed E-state index contributed by atoms with van der Waals surface area (Å²) in [7, 11) is 0. The van der Waals surface area contributed by atoms with E-state index in [9.17, 15) is 29.3 Å². The number of hydrogen-bond acceptors (Lipinski definition) is 7. The molecule has 0 bridgehead atoms. The van der Waals surface area contributed by atoms with Gasteiger partial charge in [-0.25, -0.2) is 0 Å². The van der Waals surface area contributed by atoms with Crippen molar-refractivity contribution in [3.05, 3.63) is 69.3 Å². The number of carbonyl (C=O) groups is 4. The van der Waals surface area contributed by atoms with Crippen LogP contribution in [0.25, 0.3) is 0 Å². The van der Waals surface area contributed by atoms with Crippen molar-refractivity contribution in [3.63, 3.8) is 0 Å². The van der Waals surface area contributed by atoms with Crippen LogP contribution in [-0.2, 0) is 16.1 Å². The molecule has 0 aliphatic carbocycles. The SMILES string of the molecule is N#CCC(=O)Nc1ccccc1CNC(=O)CN1C(=O)c2ccc([N+](=O)[O-])cc2C1=O. The molecule has 2 aromatic rings. The predicted octanol–water partition coefficient (Wildman–Crippen LogP) is 1.36. The van der Waals surface area contributed by atoms with Gasteiger partial charge in [0.05, 0.1) is 22.1 Å². The highest BCUT2D eigenvalue weighted by Crippen LogP contribution is 2.26. The van der Waals surface area contributed by atoms with Crippen molar-refractivity contribution in [1.82, 2.24) is 10.2 Å². The molecule has 0 radical (unpaired) electrons. The van der Waals surface area contributed by atoms with E-state index in [1.807, 2.05) is 0 Å². The lowest BCUT2D eigenvalue weighted by molar-refractivity contribution is -0.384. The Kier molecular flexibility index (Phi) is 6.02. The van der Waals surface area contributed by atoms with Crippen LogP contribution in [0.4, 0.5) is 11.4 Å². The second kappa shape index (κ2) is 8.83. The van der Waals surface area contributed by atoms with Gasteiger partial charge in [0.25, 0.3) is 17.5 Å². The lowest BCUT2D eigenvalue weighted by Gasteiger charge is -2.15. The van der Waals surface area contributed by atoms with Crippen LogP contribution in [0.3, 0.4) is 0 Å². The zero-order valence-corrected chi connectivity index (χ0v) is 16.0. The fourth-order valence-corrected chi connectivity index (χ4v) is 2.99. The molecule has 3 rings (SSSR count). The van der Waals surface area contributed by atoms with E-state index in [4.69, 9.17) is 5.26 Å². The van der Waals surface area contributed by atoms with Crippen LogP contribution in [0, 0.1) is 21.4 Å². The summed E-state index contributed by atoms with van der Waals surface area (Å²) in [5.74, 6) is -2.64. The normalized spacial score (nSPS) is 12.2. The largest absolute Gasteiger partial charge is 0.350 e. The van der Waals surface area contributed by atoms with Gasteiger partial charge in [0.15, 0.2) is 0 Å². The number of nitrogens with one attached hydrogen (secondary N) is 2. The second-order valence-electron chi connectivity index (χ2n) is 6.50. The van der Waals surface area contributed by atoms with Crippen LogP contribution in [0.2, 0.25) is 0 Å². The highest BCUT2D eigenvalue weighted by Gasteiger charge is 2.37. The summed E-state index contributed by atoms with van der Waals surface area (Å²) >= 11 is 0. The number of hydrogen-bond donors (Lipinski definition) is 2. The summed E-state index contributed by atoms with van der Waals surface area (Å²) in [4.78, 5) is 59.8. The first-order chi connectivity index (χ1) is 14.8. The maximum absolute atomic E-state index is 12.5. The van der Waals surface area contributed by atoms with Crippen LogP contribution in [0.15, 0.2) is 42.5 Å². The molecular weight excluding hydrogens is 406 g/mol. The molecule has 0 spiro atoms. The number of amides is 4. The maximum Gasteiger partial charge on any atom is 0.270 e. The Bertz CT molecular complexity index is 1150. The molecule has 11 nitrogen and oxygen atoms in total. The highest BCUT2D eigenvalue weighted by atomic mass is 16.6. The Hall–Kier alpha value is -4.59. The Labute approximate surface area is 175 Å². The van der Waals surface area contributed by atoms with Gasteiger partial charge < -0.3 is 10.6 Å². The van der Waals surface area contributed by atoms with E-state index in [2.05, 4.69) is 10.6 Å². The summed E-state index contributed by atoms with van der Waals surface area (Å²) in [6, 6.07) is 11.7. The molecule has 0 saturated heterocycles. The zero-order chi connectivity index (χ0) is 22.5. The van der Waals surface area contributed by atoms with Crippen molar-refractivity contribution >= 4 is 35.0 Å². The number of non-ortho nitro benzene ring substituents is 1. The standard InChI is InChI=1S/C20H15N5O6/c21-8-7-17(26)23-16-4-2-1-3-12(16)10-22-18(27)11-24-19(28)14-6-5-13(25(30)31)9-15(14)20(24)29/h1-6,9H,7,10-11H2,(H,22,27)(H,23,26). The molecule has 1 aliphatic heterocycles. The predicted molar refractivity (Wildman–Crippen MR) is 106 cm³/mol. The number of carbonyl (C=O) groups excluding carboxylic acids is 4. The molecule has 0 fully saturated rings. The molecule has 1 aliphatic rings. The summed E-state index contributed by atoms with van der Waals surface area (Å²) in [6.45, 7) is -0.570. The third-order valence-corrected chi connectivity index (χ3v) is 4.47. The molecule has 0 aromatic heterocycles. The summed E-state index contributed by atoms with van der Waals surface area (Å²) in [5, 5.41) is 24.6. The fourth-order valence-electron chi connectivity index (χ4n) is 2.99. The lowest BCUT2D eigenvalue weighted by atomic mass is 10.1. The summed E-state index contributed by atoms with van der Waals surface area (Å²) in [6.07, 6.45) is -0.321. The molecule has 156 valence electrons. The minimum absolute atomic E-state index is 0.00349. The number of para-hydroxylation sites is 1. The topological polar surface area (TPSA) is 163 Å². The van der Waals surface area contributed by atoms with E-state index in [1.165, 1.54) is 6.07 Å². The highest BCUT2D eigenvalue weighted by molar-refractivity contribution is 6.22. The first kappa shape index (κ1) is 21.1. The Morgan fingerprint density at radius 3 is 2.48 bits per heavy atom. The van der Waals surface area contributed by atoms with Crippen LogP contribution in [-0.4, -0.2) is 40.0 Å². The number of nitro groups is 1. The first-order valence-corrected chi connectivity index (χ1v) is 8.98. The van der Waals surface area contributed by atoms with Gasteiger partial charge in [-0.1, -0.05) is 18.2 Å². The average Bonchev–Trinajstić information content (AvgIpc) is 2.97. The Morgan fingerprint density at radius 2 is 1.77 bits per heavy atom. The van der Waals surface area contributed by atoms with Crippen LogP contribution in [0.5, 0.6) is 0 Å². The number of benzene rings is 2. The number of anilines is 1. The van der Waals surface area contributed by atoms with Gasteiger partial charge in [0.1, 0.15) is 13.0 Å². The van der Waals surface area contributed by atoms with Crippen LogP contribution < -0.4 is 10.6 Å². The minimum atomic E-state index is -0.789. The quantitative estimate of drug-likeness (QED) is 0.387. The second-order valence-corrected chi connectivity index (χ2v) is 6.50. The number of fused-ring (bicyclic) bond motifs is 1. The zero-order valence-electron chi connectivity index (χ0n) is 16.0. The number of nitriles is 1. The minimum Gasteiger partial charge on any atom is -0.350 e. The molecule has 0 atom stereocenters. The fraction of sp³-hybridized carbons (Fsp3) is 0.150. The molecule has 2 N–H and O–H groups in total. The van der Waals surface area contributed by atoms with Gasteiger partial charge in [-0.05, 0) is 17.7 Å². The molecule has 0 unspecified atom stereocenters. The average molecular weight is 421 g/mol. The van der Waals surface area contributed by atoms with Crippen molar-refractivity contribution in [2.45, 2.75) is 13.0 Å². The van der Waals surface area contributed by atoms with E-state index >= 15 is 0 Å². The van der Waals surface area contributed by atoms with E-state index in [0.717, 1.165) is 12.1 Å². The molecule has 2 aromatic carbocycles. The van der Waals surface area contributed by atoms with E-state index in [-0.39, 0.29) is 29.8 Å². The summed E-state index contributed by atoms with van der Waals surface area (Å²) in [5.41, 5.74) is 0.504. The van der Waals surface area contributed by atoms with Crippen molar-refractivity contribution in [2.75, 3.05) is 11.9 Å². The van der Waals surface area contributed by atoms with Crippen LogP contribution >= 0.6 is 0 Å². The third-order valence-electron chi connectivity index (χ3n) is 4.47. The monoisotopic (exact) mass is 421 g/mol. The number of rotatable bonds is 7. The van der Waals surface area contributed by atoms with E-state index < -0.39 is 35.1 Å². The molecule has 4 amide bonds. The van der Waals surface area contributed by atoms with E-state index in [1.54, 1.807) is 30.3 Å². The lowest BCUT2D eigenvalue weighted by Crippen LogP contribution is -2.40. The van der Waals surface area contributed by atoms with Crippen molar-refractivity contribution in [3.8, 4) is 6.07 Å². The van der Waals surface area contributed by atoms with Crippen LogP contribution in [0.1, 0.15) is 32.7 Å². The summed E-state index contributed by atoms with van der Waals surface area (Å²) < 4.78 is 0. The molecule has 0 saturated carbocycles.